The molecular weight excluding hydrogens is 248 g/mol. The molecule has 4 nitrogen and oxygen atoms in total. The van der Waals surface area contributed by atoms with Gasteiger partial charge >= 0.3 is 0 Å². The zero-order valence-corrected chi connectivity index (χ0v) is 11.6. The van der Waals surface area contributed by atoms with Crippen LogP contribution in [-0.2, 0) is 10.0 Å². The van der Waals surface area contributed by atoms with E-state index in [2.05, 4.69) is 4.72 Å². The number of nitrogens with two attached hydrogens (primary N) is 1. The predicted octanol–water partition coefficient (Wildman–Crippen LogP) is 1.80. The Morgan fingerprint density at radius 1 is 1.28 bits per heavy atom. The number of hydrogen-bond donors (Lipinski definition) is 2. The van der Waals surface area contributed by atoms with Gasteiger partial charge in [-0.1, -0.05) is 43.7 Å². The molecule has 5 heteroatoms. The summed E-state index contributed by atoms with van der Waals surface area (Å²) in [6.45, 7) is 2.36. The highest BCUT2D eigenvalue weighted by molar-refractivity contribution is 7.89. The van der Waals surface area contributed by atoms with Crippen molar-refractivity contribution in [1.82, 2.24) is 4.72 Å². The predicted molar refractivity (Wildman–Crippen MR) is 74.7 cm³/mol. The molecule has 0 aliphatic heterocycles. The fourth-order valence-electron chi connectivity index (χ4n) is 1.64. The molecule has 0 saturated heterocycles. The van der Waals surface area contributed by atoms with Gasteiger partial charge in [0.05, 0.1) is 5.75 Å². The van der Waals surface area contributed by atoms with Gasteiger partial charge in [0.1, 0.15) is 0 Å². The van der Waals surface area contributed by atoms with Crippen molar-refractivity contribution in [2.45, 2.75) is 32.2 Å². The van der Waals surface area contributed by atoms with Crippen molar-refractivity contribution in [1.29, 1.82) is 0 Å². The zero-order chi connectivity index (χ0) is 13.4. The Balaban J connectivity index is 2.34. The Labute approximate surface area is 110 Å². The molecule has 18 heavy (non-hydrogen) atoms. The van der Waals surface area contributed by atoms with E-state index in [0.717, 1.165) is 12.0 Å². The van der Waals surface area contributed by atoms with Crippen LogP contribution < -0.4 is 10.5 Å². The number of hydrogen-bond acceptors (Lipinski definition) is 3. The number of unbranched alkanes of at least 4 members (excludes halogenated alkanes) is 1. The molecule has 0 aliphatic rings. The smallest absolute Gasteiger partial charge is 0.211 e. The van der Waals surface area contributed by atoms with Crippen LogP contribution in [0.2, 0.25) is 0 Å². The highest BCUT2D eigenvalue weighted by atomic mass is 32.2. The van der Waals surface area contributed by atoms with Crippen molar-refractivity contribution in [3.8, 4) is 0 Å². The van der Waals surface area contributed by atoms with Gasteiger partial charge in [-0.15, -0.1) is 0 Å². The molecule has 0 fully saturated rings. The van der Waals surface area contributed by atoms with Crippen molar-refractivity contribution in [3.63, 3.8) is 0 Å². The Morgan fingerprint density at radius 3 is 2.56 bits per heavy atom. The first kappa shape index (κ1) is 15.1. The molecule has 0 saturated carbocycles. The van der Waals surface area contributed by atoms with Gasteiger partial charge in [0, 0.05) is 12.6 Å². The van der Waals surface area contributed by atoms with Crippen LogP contribution in [0.25, 0.3) is 0 Å². The molecule has 0 radical (unpaired) electrons. The zero-order valence-electron chi connectivity index (χ0n) is 10.8. The summed E-state index contributed by atoms with van der Waals surface area (Å²) in [5.41, 5.74) is 7.02. The van der Waals surface area contributed by atoms with E-state index in [1.54, 1.807) is 0 Å². The lowest BCUT2D eigenvalue weighted by atomic mass is 10.1. The molecule has 1 atom stereocenters. The van der Waals surface area contributed by atoms with Gasteiger partial charge in [0.15, 0.2) is 0 Å². The summed E-state index contributed by atoms with van der Waals surface area (Å²) >= 11 is 0. The van der Waals surface area contributed by atoms with E-state index in [-0.39, 0.29) is 11.8 Å². The first-order valence-electron chi connectivity index (χ1n) is 6.33. The van der Waals surface area contributed by atoms with Crippen LogP contribution >= 0.6 is 0 Å². The summed E-state index contributed by atoms with van der Waals surface area (Å²) in [6, 6.07) is 9.58. The topological polar surface area (TPSA) is 72.2 Å². The average molecular weight is 270 g/mol. The van der Waals surface area contributed by atoms with Crippen LogP contribution in [0.3, 0.4) is 0 Å². The second kappa shape index (κ2) is 7.51. The number of sulfonamides is 1. The maximum atomic E-state index is 11.6. The minimum atomic E-state index is -3.13. The summed E-state index contributed by atoms with van der Waals surface area (Å²) in [5, 5.41) is 0. The van der Waals surface area contributed by atoms with Gasteiger partial charge in [0.25, 0.3) is 0 Å². The highest BCUT2D eigenvalue weighted by Gasteiger charge is 2.10. The maximum absolute atomic E-state index is 11.6. The third kappa shape index (κ3) is 5.62. The summed E-state index contributed by atoms with van der Waals surface area (Å²) in [6.07, 6.45) is 2.18. The molecule has 0 heterocycles. The number of rotatable bonds is 8. The Morgan fingerprint density at radius 2 is 1.94 bits per heavy atom. The lowest BCUT2D eigenvalue weighted by molar-refractivity contribution is 0.566. The minimum Gasteiger partial charge on any atom is -0.324 e. The van der Waals surface area contributed by atoms with Crippen LogP contribution in [0, 0.1) is 0 Å². The van der Waals surface area contributed by atoms with Crippen molar-refractivity contribution >= 4 is 10.0 Å². The van der Waals surface area contributed by atoms with Crippen LogP contribution in [0.4, 0.5) is 0 Å². The van der Waals surface area contributed by atoms with E-state index in [1.165, 1.54) is 0 Å². The van der Waals surface area contributed by atoms with E-state index in [1.807, 2.05) is 37.3 Å². The largest absolute Gasteiger partial charge is 0.324 e. The van der Waals surface area contributed by atoms with Crippen molar-refractivity contribution in [3.05, 3.63) is 35.9 Å². The van der Waals surface area contributed by atoms with E-state index in [0.29, 0.717) is 19.4 Å². The second-order valence-corrected chi connectivity index (χ2v) is 6.30. The van der Waals surface area contributed by atoms with Gasteiger partial charge in [-0.25, -0.2) is 13.1 Å². The molecule has 0 aliphatic carbocycles. The number of benzene rings is 1. The Bertz CT molecular complexity index is 432. The van der Waals surface area contributed by atoms with Crippen LogP contribution in [0.1, 0.15) is 37.8 Å². The molecule has 3 N–H and O–H groups in total. The maximum Gasteiger partial charge on any atom is 0.211 e. The van der Waals surface area contributed by atoms with Gasteiger partial charge in [-0.05, 0) is 18.4 Å². The van der Waals surface area contributed by atoms with Gasteiger partial charge in [0.2, 0.25) is 10.0 Å². The fourth-order valence-corrected chi connectivity index (χ4v) is 2.89. The Kier molecular flexibility index (Phi) is 6.32. The molecule has 0 aromatic heterocycles. The number of nitrogens with one attached hydrogen (secondary N) is 1. The molecule has 0 spiro atoms. The average Bonchev–Trinajstić information content (AvgIpc) is 2.37. The van der Waals surface area contributed by atoms with E-state index < -0.39 is 10.0 Å². The summed E-state index contributed by atoms with van der Waals surface area (Å²) < 4.78 is 25.7. The highest BCUT2D eigenvalue weighted by Crippen LogP contribution is 2.12. The molecular formula is C13H22N2O2S. The first-order chi connectivity index (χ1) is 8.55. The van der Waals surface area contributed by atoms with Crippen LogP contribution in [0.5, 0.6) is 0 Å². The third-order valence-corrected chi connectivity index (χ3v) is 4.24. The lowest BCUT2D eigenvalue weighted by Gasteiger charge is -2.12. The molecule has 1 rings (SSSR count). The molecule has 102 valence electrons. The SMILES string of the molecule is CCCCS(=O)(=O)NCCC(N)c1ccccc1. The third-order valence-electron chi connectivity index (χ3n) is 2.77. The quantitative estimate of drug-likeness (QED) is 0.756. The van der Waals surface area contributed by atoms with Gasteiger partial charge < -0.3 is 5.73 Å². The molecule has 1 aromatic rings. The molecule has 1 aromatic carbocycles. The first-order valence-corrected chi connectivity index (χ1v) is 7.98. The summed E-state index contributed by atoms with van der Waals surface area (Å²) in [4.78, 5) is 0. The van der Waals surface area contributed by atoms with Gasteiger partial charge in [-0.2, -0.15) is 0 Å². The van der Waals surface area contributed by atoms with E-state index >= 15 is 0 Å². The second-order valence-electron chi connectivity index (χ2n) is 4.37. The summed E-state index contributed by atoms with van der Waals surface area (Å²) in [7, 11) is -3.13. The molecule has 0 amide bonds. The van der Waals surface area contributed by atoms with Crippen molar-refractivity contribution in [2.75, 3.05) is 12.3 Å². The van der Waals surface area contributed by atoms with Crippen molar-refractivity contribution in [2.24, 2.45) is 5.73 Å². The fraction of sp³-hybridized carbons (Fsp3) is 0.538. The van der Waals surface area contributed by atoms with E-state index in [9.17, 15) is 8.42 Å². The lowest BCUT2D eigenvalue weighted by Crippen LogP contribution is -2.29. The summed E-state index contributed by atoms with van der Waals surface area (Å²) in [5.74, 6) is 0.198. The van der Waals surface area contributed by atoms with E-state index in [4.69, 9.17) is 5.73 Å². The van der Waals surface area contributed by atoms with Crippen LogP contribution in [0.15, 0.2) is 30.3 Å². The molecule has 0 bridgehead atoms. The minimum absolute atomic E-state index is 0.125. The standard InChI is InChI=1S/C13H22N2O2S/c1-2-3-11-18(16,17)15-10-9-13(14)12-7-5-4-6-8-12/h4-8,13,15H,2-3,9-11,14H2,1H3. The normalized spacial score (nSPS) is 13.4. The van der Waals surface area contributed by atoms with Crippen LogP contribution in [-0.4, -0.2) is 20.7 Å². The molecule has 1 unspecified atom stereocenters. The Hall–Kier alpha value is -0.910. The van der Waals surface area contributed by atoms with Gasteiger partial charge in [-0.3, -0.25) is 0 Å². The monoisotopic (exact) mass is 270 g/mol. The van der Waals surface area contributed by atoms with Crippen molar-refractivity contribution < 1.29 is 8.42 Å².